The first-order valence-corrected chi connectivity index (χ1v) is 11.8. The highest BCUT2D eigenvalue weighted by molar-refractivity contribution is 6.21. The number of hydrogen-bond acceptors (Lipinski definition) is 5. The summed E-state index contributed by atoms with van der Waals surface area (Å²) in [6.07, 6.45) is 0. The number of anilines is 2. The molecule has 0 unspecified atom stereocenters. The number of benzene rings is 4. The number of carbonyl (C=O) groups is 2. The Kier molecular flexibility index (Phi) is 5.45. The average molecular weight is 489 g/mol. The smallest absolute Gasteiger partial charge is 0.261 e. The minimum Gasteiger partial charge on any atom is -0.338 e. The molecule has 180 valence electrons. The monoisotopic (exact) mass is 488 g/mol. The van der Waals surface area contributed by atoms with Gasteiger partial charge in [-0.25, -0.2) is 4.39 Å². The van der Waals surface area contributed by atoms with Crippen LogP contribution in [0.3, 0.4) is 0 Å². The Morgan fingerprint density at radius 2 is 1.43 bits per heavy atom. The Bertz CT molecular complexity index is 1660. The molecule has 1 N–H and O–H groups in total. The van der Waals surface area contributed by atoms with Gasteiger partial charge in [-0.3, -0.25) is 14.5 Å². The van der Waals surface area contributed by atoms with Gasteiger partial charge in [0.1, 0.15) is 11.5 Å². The van der Waals surface area contributed by atoms with Gasteiger partial charge in [0.15, 0.2) is 5.82 Å². The van der Waals surface area contributed by atoms with E-state index in [9.17, 15) is 14.0 Å². The number of nitrogens with one attached hydrogen (secondary N) is 1. The van der Waals surface area contributed by atoms with Gasteiger partial charge in [0.25, 0.3) is 11.8 Å². The van der Waals surface area contributed by atoms with Crippen molar-refractivity contribution < 1.29 is 14.0 Å². The van der Waals surface area contributed by atoms with E-state index < -0.39 is 0 Å². The molecule has 2 heterocycles. The molecule has 1 aliphatic rings. The molecule has 6 nitrogen and oxygen atoms in total. The second-order valence-electron chi connectivity index (χ2n) is 8.96. The van der Waals surface area contributed by atoms with Crippen molar-refractivity contribution in [3.63, 3.8) is 0 Å². The molecule has 37 heavy (non-hydrogen) atoms. The highest BCUT2D eigenvalue weighted by Gasteiger charge is 2.35. The van der Waals surface area contributed by atoms with Crippen LogP contribution in [0.25, 0.3) is 22.0 Å². The minimum absolute atomic E-state index is 0.168. The molecule has 0 atom stereocenters. The van der Waals surface area contributed by atoms with Gasteiger partial charge in [0.05, 0.1) is 17.7 Å². The summed E-state index contributed by atoms with van der Waals surface area (Å²) in [7, 11) is 0. The zero-order valence-corrected chi connectivity index (χ0v) is 19.9. The molecule has 0 radical (unpaired) electrons. The Balaban J connectivity index is 1.36. The fourth-order valence-corrected chi connectivity index (χ4v) is 4.62. The van der Waals surface area contributed by atoms with E-state index in [4.69, 9.17) is 0 Å². The Morgan fingerprint density at radius 3 is 2.14 bits per heavy atom. The zero-order chi connectivity index (χ0) is 25.5. The number of halogens is 1. The average Bonchev–Trinajstić information content (AvgIpc) is 3.16. The maximum absolute atomic E-state index is 13.3. The predicted molar refractivity (Wildman–Crippen MR) is 140 cm³/mol. The molecule has 6 rings (SSSR count). The van der Waals surface area contributed by atoms with E-state index >= 15 is 0 Å². The molecule has 0 spiro atoms. The molecule has 0 saturated heterocycles. The van der Waals surface area contributed by atoms with E-state index in [1.807, 2.05) is 49.4 Å². The van der Waals surface area contributed by atoms with E-state index in [0.717, 1.165) is 27.5 Å². The van der Waals surface area contributed by atoms with Gasteiger partial charge >= 0.3 is 0 Å². The summed E-state index contributed by atoms with van der Waals surface area (Å²) in [5.41, 5.74) is 4.90. The van der Waals surface area contributed by atoms with Crippen molar-refractivity contribution in [2.24, 2.45) is 0 Å². The maximum atomic E-state index is 13.3. The second kappa shape index (κ2) is 8.95. The molecule has 1 aliphatic heterocycles. The lowest BCUT2D eigenvalue weighted by Gasteiger charge is -2.17. The summed E-state index contributed by atoms with van der Waals surface area (Å²) in [6, 6.07) is 26.6. The maximum Gasteiger partial charge on any atom is 0.261 e. The molecular weight excluding hydrogens is 467 g/mol. The van der Waals surface area contributed by atoms with E-state index in [1.165, 1.54) is 17.0 Å². The first-order chi connectivity index (χ1) is 18.0. The first kappa shape index (κ1) is 22.5. The Hall–Kier alpha value is -4.91. The number of carbonyl (C=O) groups excluding carboxylic acids is 2. The van der Waals surface area contributed by atoms with Crippen molar-refractivity contribution in [3.05, 3.63) is 119 Å². The molecule has 2 amide bonds. The lowest BCUT2D eigenvalue weighted by molar-refractivity contribution is 0.0642. The van der Waals surface area contributed by atoms with E-state index in [0.29, 0.717) is 28.3 Å². The van der Waals surface area contributed by atoms with Gasteiger partial charge in [-0.1, -0.05) is 48.5 Å². The summed E-state index contributed by atoms with van der Waals surface area (Å²) in [5, 5.41) is 13.9. The molecule has 4 aromatic carbocycles. The van der Waals surface area contributed by atoms with Gasteiger partial charge in [0.2, 0.25) is 0 Å². The molecule has 0 aliphatic carbocycles. The van der Waals surface area contributed by atoms with Gasteiger partial charge in [-0.2, -0.15) is 0 Å². The van der Waals surface area contributed by atoms with Crippen LogP contribution in [0.2, 0.25) is 0 Å². The second-order valence-corrected chi connectivity index (χ2v) is 8.96. The number of fused-ring (bicyclic) bond motifs is 2. The van der Waals surface area contributed by atoms with Crippen molar-refractivity contribution in [2.75, 3.05) is 5.32 Å². The van der Waals surface area contributed by atoms with Crippen LogP contribution in [0.15, 0.2) is 91.0 Å². The number of nitrogens with zero attached hydrogens (tertiary/aromatic N) is 3. The van der Waals surface area contributed by atoms with E-state index in [1.54, 1.807) is 36.4 Å². The van der Waals surface area contributed by atoms with E-state index in [2.05, 4.69) is 15.5 Å². The van der Waals surface area contributed by atoms with Crippen LogP contribution in [-0.2, 0) is 6.54 Å². The molecular formula is C30H21FN4O2. The molecule has 0 saturated carbocycles. The lowest BCUT2D eigenvalue weighted by atomic mass is 9.99. The van der Waals surface area contributed by atoms with Crippen molar-refractivity contribution in [2.45, 2.75) is 13.5 Å². The van der Waals surface area contributed by atoms with Crippen molar-refractivity contribution >= 4 is 34.1 Å². The van der Waals surface area contributed by atoms with Gasteiger partial charge in [0, 0.05) is 22.0 Å². The molecule has 1 aromatic heterocycles. The number of hydrogen-bond donors (Lipinski definition) is 1. The SMILES string of the molecule is Cc1ccc(-c2nnc(Nc3ccc(F)cc3)c3ccccc23)cc1CN1C(=O)c2ccccc2C1=O. The third-order valence-electron chi connectivity index (χ3n) is 6.62. The van der Waals surface area contributed by atoms with E-state index in [-0.39, 0.29) is 24.2 Å². The van der Waals surface area contributed by atoms with Gasteiger partial charge in [-0.15, -0.1) is 10.2 Å². The lowest BCUT2D eigenvalue weighted by Crippen LogP contribution is -2.29. The minimum atomic E-state index is -0.312. The first-order valence-electron chi connectivity index (χ1n) is 11.8. The van der Waals surface area contributed by atoms with Crippen LogP contribution in [-0.4, -0.2) is 26.9 Å². The number of imide groups is 1. The summed E-state index contributed by atoms with van der Waals surface area (Å²) >= 11 is 0. The largest absolute Gasteiger partial charge is 0.338 e. The quantitative estimate of drug-likeness (QED) is 0.295. The summed E-state index contributed by atoms with van der Waals surface area (Å²) in [6.45, 7) is 2.12. The number of aromatic nitrogens is 2. The summed E-state index contributed by atoms with van der Waals surface area (Å²) in [4.78, 5) is 27.1. The highest BCUT2D eigenvalue weighted by atomic mass is 19.1. The number of amides is 2. The van der Waals surface area contributed by atoms with Crippen molar-refractivity contribution in [1.29, 1.82) is 0 Å². The van der Waals surface area contributed by atoms with Gasteiger partial charge in [-0.05, 0) is 60.5 Å². The van der Waals surface area contributed by atoms with Crippen LogP contribution in [0.5, 0.6) is 0 Å². The van der Waals surface area contributed by atoms with Crippen LogP contribution in [0.4, 0.5) is 15.9 Å². The molecule has 0 bridgehead atoms. The third kappa shape index (κ3) is 4.00. The summed E-state index contributed by atoms with van der Waals surface area (Å²) in [5.74, 6) is -0.323. The fraction of sp³-hybridized carbons (Fsp3) is 0.0667. The number of rotatable bonds is 5. The zero-order valence-electron chi connectivity index (χ0n) is 19.9. The topological polar surface area (TPSA) is 75.2 Å². The van der Waals surface area contributed by atoms with Crippen LogP contribution < -0.4 is 5.32 Å². The molecule has 7 heteroatoms. The van der Waals surface area contributed by atoms with Crippen molar-refractivity contribution in [1.82, 2.24) is 15.1 Å². The standard InChI is InChI=1S/C30H21FN4O2/c1-18-10-11-19(16-20(18)17-35-29(36)25-8-4-5-9-26(25)30(35)37)27-23-6-2-3-7-24(23)28(34-33-27)32-22-14-12-21(31)13-15-22/h2-16H,17H2,1H3,(H,32,34). The summed E-state index contributed by atoms with van der Waals surface area (Å²) < 4.78 is 13.3. The Morgan fingerprint density at radius 1 is 0.784 bits per heavy atom. The highest BCUT2D eigenvalue weighted by Crippen LogP contribution is 2.33. The van der Waals surface area contributed by atoms with Crippen LogP contribution >= 0.6 is 0 Å². The predicted octanol–water partition coefficient (Wildman–Crippen LogP) is 6.28. The molecule has 5 aromatic rings. The van der Waals surface area contributed by atoms with Crippen molar-refractivity contribution in [3.8, 4) is 11.3 Å². The molecule has 0 fully saturated rings. The van der Waals surface area contributed by atoms with Crippen LogP contribution in [0, 0.1) is 12.7 Å². The number of aryl methyl sites for hydroxylation is 1. The Labute approximate surface area is 212 Å². The normalized spacial score (nSPS) is 12.8. The fourth-order valence-electron chi connectivity index (χ4n) is 4.62. The van der Waals surface area contributed by atoms with Crippen LogP contribution in [0.1, 0.15) is 31.8 Å². The third-order valence-corrected chi connectivity index (χ3v) is 6.62. The van der Waals surface area contributed by atoms with Gasteiger partial charge < -0.3 is 5.32 Å².